The second-order valence-corrected chi connectivity index (χ2v) is 10.2. The molecule has 2 heterocycles. The van der Waals surface area contributed by atoms with Crippen molar-refractivity contribution in [3.05, 3.63) is 90.0 Å². The number of hydrogen-bond donors (Lipinski definition) is 0. The van der Waals surface area contributed by atoms with Gasteiger partial charge in [-0.25, -0.2) is 4.21 Å². The normalized spacial score (nSPS) is 16.8. The highest BCUT2D eigenvalue weighted by molar-refractivity contribution is 7.85. The minimum atomic E-state index is -1.16. The monoisotopic (exact) mass is 435 g/mol. The molecule has 2 nitrogen and oxygen atoms in total. The average molecular weight is 436 g/mol. The number of rotatable bonds is 0. The molecular formula is C29H25NOS. The van der Waals surface area contributed by atoms with Gasteiger partial charge in [0.1, 0.15) is 0 Å². The van der Waals surface area contributed by atoms with Crippen LogP contribution in [0, 0.1) is 0 Å². The molecule has 0 spiro atoms. The van der Waals surface area contributed by atoms with Crippen LogP contribution in [0.4, 0.5) is 0 Å². The van der Waals surface area contributed by atoms with Crippen molar-refractivity contribution >= 4 is 32.6 Å². The third-order valence-electron chi connectivity index (χ3n) is 6.96. The molecule has 5 aromatic rings. The van der Waals surface area contributed by atoms with E-state index in [1.165, 1.54) is 38.5 Å². The lowest BCUT2D eigenvalue weighted by molar-refractivity contribution is 0.661. The lowest BCUT2D eigenvalue weighted by Crippen LogP contribution is -2.15. The Bertz CT molecular complexity index is 1590. The number of aromatic nitrogens is 1. The maximum atomic E-state index is 13.3. The van der Waals surface area contributed by atoms with Gasteiger partial charge in [0, 0.05) is 16.2 Å². The van der Waals surface area contributed by atoms with Crippen LogP contribution in [0.2, 0.25) is 0 Å². The Morgan fingerprint density at radius 3 is 2.28 bits per heavy atom. The van der Waals surface area contributed by atoms with E-state index >= 15 is 0 Å². The molecule has 1 unspecified atom stereocenters. The van der Waals surface area contributed by atoms with E-state index in [9.17, 15) is 4.21 Å². The maximum Gasteiger partial charge on any atom is 0.0892 e. The van der Waals surface area contributed by atoms with Gasteiger partial charge in [0.15, 0.2) is 0 Å². The van der Waals surface area contributed by atoms with Crippen molar-refractivity contribution in [3.63, 3.8) is 0 Å². The van der Waals surface area contributed by atoms with Crippen LogP contribution in [0.25, 0.3) is 38.6 Å². The molecule has 4 aromatic carbocycles. The van der Waals surface area contributed by atoms with Crippen LogP contribution in [0.3, 0.4) is 0 Å². The minimum absolute atomic E-state index is 0.0450. The van der Waals surface area contributed by atoms with E-state index in [4.69, 9.17) is 0 Å². The molecule has 32 heavy (non-hydrogen) atoms. The molecule has 1 aliphatic heterocycles. The second-order valence-electron chi connectivity index (χ2n) is 8.81. The molecule has 0 radical (unpaired) electrons. The molecule has 1 aromatic heterocycles. The predicted octanol–water partition coefficient (Wildman–Crippen LogP) is 7.60. The molecule has 0 fully saturated rings. The number of benzene rings is 4. The van der Waals surface area contributed by atoms with Crippen molar-refractivity contribution < 1.29 is 4.21 Å². The molecule has 7 rings (SSSR count). The summed E-state index contributed by atoms with van der Waals surface area (Å²) < 4.78 is 15.7. The molecule has 0 saturated heterocycles. The Morgan fingerprint density at radius 1 is 0.719 bits per heavy atom. The van der Waals surface area contributed by atoms with E-state index in [0.717, 1.165) is 21.0 Å². The standard InChI is InChI=1S/C27H19NOS.C2H6/c1-27(2)20-10-4-3-8-16(20)18-14-19-17-9-7-13-25-26(17)28(23(19)15-21(18)27)22-11-5-6-12-24(22)30(25)29;1-2/h3-15H,1-2H3;1-2H3. The topological polar surface area (TPSA) is 22.0 Å². The molecule has 3 heteroatoms. The first kappa shape index (κ1) is 19.5. The van der Waals surface area contributed by atoms with E-state index in [1.54, 1.807) is 0 Å². The van der Waals surface area contributed by atoms with Gasteiger partial charge in [-0.05, 0) is 52.6 Å². The van der Waals surface area contributed by atoms with Crippen LogP contribution in [0.1, 0.15) is 38.8 Å². The molecule has 0 saturated carbocycles. The van der Waals surface area contributed by atoms with Crippen LogP contribution in [-0.2, 0) is 16.2 Å². The lowest BCUT2D eigenvalue weighted by atomic mass is 9.82. The quantitative estimate of drug-likeness (QED) is 0.241. The zero-order chi connectivity index (χ0) is 22.2. The van der Waals surface area contributed by atoms with E-state index in [0.29, 0.717) is 0 Å². The van der Waals surface area contributed by atoms with Crippen LogP contribution in [0.5, 0.6) is 0 Å². The van der Waals surface area contributed by atoms with Gasteiger partial charge in [-0.15, -0.1) is 0 Å². The fourth-order valence-electron chi connectivity index (χ4n) is 5.54. The van der Waals surface area contributed by atoms with Crippen LogP contribution >= 0.6 is 0 Å². The zero-order valence-corrected chi connectivity index (χ0v) is 19.6. The number of fused-ring (bicyclic) bond motifs is 8. The van der Waals surface area contributed by atoms with Crippen molar-refractivity contribution in [1.82, 2.24) is 4.57 Å². The van der Waals surface area contributed by atoms with Gasteiger partial charge in [0.25, 0.3) is 0 Å². The summed E-state index contributed by atoms with van der Waals surface area (Å²) in [5.41, 5.74) is 8.66. The molecule has 0 amide bonds. The Morgan fingerprint density at radius 2 is 1.44 bits per heavy atom. The summed E-state index contributed by atoms with van der Waals surface area (Å²) in [5, 5.41) is 2.40. The third-order valence-corrected chi connectivity index (χ3v) is 8.43. The highest BCUT2D eigenvalue weighted by Gasteiger charge is 2.36. The summed E-state index contributed by atoms with van der Waals surface area (Å²) in [6.45, 7) is 8.63. The summed E-state index contributed by atoms with van der Waals surface area (Å²) in [7, 11) is -1.16. The Kier molecular flexibility index (Phi) is 4.06. The van der Waals surface area contributed by atoms with Crippen molar-refractivity contribution in [1.29, 1.82) is 0 Å². The first-order valence-corrected chi connectivity index (χ1v) is 12.4. The van der Waals surface area contributed by atoms with Crippen LogP contribution in [0.15, 0.2) is 88.7 Å². The van der Waals surface area contributed by atoms with Crippen LogP contribution in [-0.4, -0.2) is 8.78 Å². The molecule has 158 valence electrons. The number of para-hydroxylation sites is 2. The van der Waals surface area contributed by atoms with Gasteiger partial charge in [-0.1, -0.05) is 76.2 Å². The highest BCUT2D eigenvalue weighted by atomic mass is 32.2. The smallest absolute Gasteiger partial charge is 0.0892 e. The fourth-order valence-corrected chi connectivity index (χ4v) is 6.91. The molecule has 0 N–H and O–H groups in total. The van der Waals surface area contributed by atoms with E-state index in [2.05, 4.69) is 66.9 Å². The van der Waals surface area contributed by atoms with Crippen LogP contribution < -0.4 is 0 Å². The molecule has 1 aliphatic carbocycles. The van der Waals surface area contributed by atoms with Gasteiger partial charge >= 0.3 is 0 Å². The summed E-state index contributed by atoms with van der Waals surface area (Å²) >= 11 is 0. The molecule has 0 bridgehead atoms. The van der Waals surface area contributed by atoms with E-state index in [1.807, 2.05) is 44.2 Å². The van der Waals surface area contributed by atoms with Gasteiger partial charge in [-0.3, -0.25) is 0 Å². The van der Waals surface area contributed by atoms with E-state index in [-0.39, 0.29) is 5.41 Å². The van der Waals surface area contributed by atoms with E-state index < -0.39 is 10.8 Å². The summed E-state index contributed by atoms with van der Waals surface area (Å²) in [6.07, 6.45) is 0. The van der Waals surface area contributed by atoms with Gasteiger partial charge in [0.05, 0.1) is 37.3 Å². The SMILES string of the molecule is CC.CC1(C)c2ccccc2-c2cc3c4cccc5c4n(c3cc21)-c1ccccc1S5=O. The Labute approximate surface area is 191 Å². The van der Waals surface area contributed by atoms with Crippen molar-refractivity contribution in [2.75, 3.05) is 0 Å². The number of nitrogens with zero attached hydrogens (tertiary/aromatic N) is 1. The predicted molar refractivity (Wildman–Crippen MR) is 134 cm³/mol. The third kappa shape index (κ3) is 2.27. The molecule has 1 atom stereocenters. The Balaban J connectivity index is 0.000000953. The first-order valence-electron chi connectivity index (χ1n) is 11.3. The van der Waals surface area contributed by atoms with Gasteiger partial charge in [0.2, 0.25) is 0 Å². The second kappa shape index (κ2) is 6.66. The van der Waals surface area contributed by atoms with Crippen molar-refractivity contribution in [2.24, 2.45) is 0 Å². The summed E-state index contributed by atoms with van der Waals surface area (Å²) in [5.74, 6) is 0. The molecule has 2 aliphatic rings. The fraction of sp³-hybridized carbons (Fsp3) is 0.172. The van der Waals surface area contributed by atoms with Crippen molar-refractivity contribution in [3.8, 4) is 16.8 Å². The summed E-state index contributed by atoms with van der Waals surface area (Å²) in [4.78, 5) is 1.79. The Hall–Kier alpha value is -3.17. The summed E-state index contributed by atoms with van der Waals surface area (Å²) in [6, 6.07) is 27.8. The minimum Gasteiger partial charge on any atom is -0.307 e. The first-order chi connectivity index (χ1) is 15.6. The van der Waals surface area contributed by atoms with Gasteiger partial charge < -0.3 is 4.57 Å². The number of hydrogen-bond acceptors (Lipinski definition) is 1. The lowest BCUT2D eigenvalue weighted by Gasteiger charge is -2.22. The van der Waals surface area contributed by atoms with Gasteiger partial charge in [-0.2, -0.15) is 0 Å². The zero-order valence-electron chi connectivity index (χ0n) is 18.8. The molecular weight excluding hydrogens is 410 g/mol. The average Bonchev–Trinajstić information content (AvgIpc) is 3.28. The largest absolute Gasteiger partial charge is 0.307 e. The van der Waals surface area contributed by atoms with Crippen molar-refractivity contribution in [2.45, 2.75) is 42.9 Å². The highest BCUT2D eigenvalue weighted by Crippen LogP contribution is 2.51. The maximum absolute atomic E-state index is 13.3.